The van der Waals surface area contributed by atoms with Crippen LogP contribution in [-0.4, -0.2) is 68.0 Å². The molecule has 0 N–H and O–H groups in total. The third-order valence-electron chi connectivity index (χ3n) is 6.17. The molecule has 1 aromatic heterocycles. The first kappa shape index (κ1) is 28.4. The third-order valence-corrected chi connectivity index (χ3v) is 6.17. The van der Waals surface area contributed by atoms with Gasteiger partial charge in [0.25, 0.3) is 0 Å². The van der Waals surface area contributed by atoms with Crippen LogP contribution in [0.5, 0.6) is 11.8 Å². The van der Waals surface area contributed by atoms with E-state index in [2.05, 4.69) is 52.9 Å². The van der Waals surface area contributed by atoms with Gasteiger partial charge >= 0.3 is 6.09 Å². The SMILES string of the molecule is CCCCOc1ccc(N(C)c2cccc(N3CCN(C(=O)OC(C)(C)C)CC3)c2)c(OCCCC)n1. The smallest absolute Gasteiger partial charge is 0.410 e. The van der Waals surface area contributed by atoms with Crippen LogP contribution in [0, 0.1) is 0 Å². The molecule has 0 aliphatic carbocycles. The predicted molar refractivity (Wildman–Crippen MR) is 150 cm³/mol. The fourth-order valence-electron chi connectivity index (χ4n) is 4.00. The van der Waals surface area contributed by atoms with Crippen molar-refractivity contribution >= 4 is 23.2 Å². The normalized spacial score (nSPS) is 13.9. The molecular weight excluding hydrogens is 468 g/mol. The lowest BCUT2D eigenvalue weighted by atomic mass is 10.2. The molecule has 0 saturated carbocycles. The number of aromatic nitrogens is 1. The Balaban J connectivity index is 1.72. The number of anilines is 3. The van der Waals surface area contributed by atoms with Crippen LogP contribution in [0.1, 0.15) is 60.3 Å². The molecule has 0 spiro atoms. The molecule has 2 aromatic rings. The van der Waals surface area contributed by atoms with Gasteiger partial charge in [-0.15, -0.1) is 0 Å². The number of piperazine rings is 1. The number of hydrogen-bond acceptors (Lipinski definition) is 7. The molecule has 2 heterocycles. The van der Waals surface area contributed by atoms with Gasteiger partial charge in [-0.3, -0.25) is 0 Å². The van der Waals surface area contributed by atoms with Crippen LogP contribution < -0.4 is 19.3 Å². The second kappa shape index (κ2) is 13.4. The van der Waals surface area contributed by atoms with Gasteiger partial charge in [0.05, 0.1) is 13.2 Å². The number of amides is 1. The van der Waals surface area contributed by atoms with E-state index in [-0.39, 0.29) is 6.09 Å². The van der Waals surface area contributed by atoms with Gasteiger partial charge in [-0.25, -0.2) is 4.79 Å². The molecule has 0 radical (unpaired) electrons. The van der Waals surface area contributed by atoms with E-state index in [1.54, 1.807) is 4.90 Å². The predicted octanol–water partition coefficient (Wildman–Crippen LogP) is 6.26. The van der Waals surface area contributed by atoms with E-state index >= 15 is 0 Å². The van der Waals surface area contributed by atoms with Crippen LogP contribution in [0.4, 0.5) is 21.9 Å². The largest absolute Gasteiger partial charge is 0.478 e. The lowest BCUT2D eigenvalue weighted by molar-refractivity contribution is 0.0240. The van der Waals surface area contributed by atoms with E-state index in [1.165, 1.54) is 0 Å². The monoisotopic (exact) mass is 512 g/mol. The first-order valence-electron chi connectivity index (χ1n) is 13.5. The summed E-state index contributed by atoms with van der Waals surface area (Å²) in [7, 11) is 2.03. The Kier molecular flexibility index (Phi) is 10.3. The van der Waals surface area contributed by atoms with Crippen LogP contribution in [0.15, 0.2) is 36.4 Å². The molecule has 1 aliphatic rings. The quantitative estimate of drug-likeness (QED) is 0.329. The van der Waals surface area contributed by atoms with Crippen molar-refractivity contribution in [3.8, 4) is 11.8 Å². The summed E-state index contributed by atoms with van der Waals surface area (Å²) in [5.74, 6) is 1.18. The summed E-state index contributed by atoms with van der Waals surface area (Å²) in [5.41, 5.74) is 2.56. The van der Waals surface area contributed by atoms with E-state index in [0.717, 1.165) is 55.8 Å². The van der Waals surface area contributed by atoms with Gasteiger partial charge in [0, 0.05) is 50.7 Å². The number of unbranched alkanes of at least 4 members (excludes halogenated alkanes) is 2. The molecule has 204 valence electrons. The highest BCUT2D eigenvalue weighted by Gasteiger charge is 2.26. The number of nitrogens with zero attached hydrogens (tertiary/aromatic N) is 4. The van der Waals surface area contributed by atoms with Crippen molar-refractivity contribution < 1.29 is 19.0 Å². The lowest BCUT2D eigenvalue weighted by Gasteiger charge is -2.37. The number of rotatable bonds is 11. The Morgan fingerprint density at radius 1 is 0.973 bits per heavy atom. The van der Waals surface area contributed by atoms with Crippen molar-refractivity contribution in [3.63, 3.8) is 0 Å². The first-order valence-corrected chi connectivity index (χ1v) is 13.5. The topological polar surface area (TPSA) is 67.4 Å². The molecule has 37 heavy (non-hydrogen) atoms. The summed E-state index contributed by atoms with van der Waals surface area (Å²) < 4.78 is 17.5. The highest BCUT2D eigenvalue weighted by molar-refractivity contribution is 5.71. The number of ether oxygens (including phenoxy) is 3. The average Bonchev–Trinajstić information content (AvgIpc) is 2.88. The molecule has 0 unspecified atom stereocenters. The number of pyridine rings is 1. The molecular formula is C29H44N4O4. The molecule has 8 heteroatoms. The maximum absolute atomic E-state index is 12.4. The van der Waals surface area contributed by atoms with E-state index < -0.39 is 5.60 Å². The summed E-state index contributed by atoms with van der Waals surface area (Å²) in [6.45, 7) is 14.0. The molecule has 0 atom stereocenters. The van der Waals surface area contributed by atoms with Crippen LogP contribution in [0.3, 0.4) is 0 Å². The summed E-state index contributed by atoms with van der Waals surface area (Å²) in [4.78, 5) is 23.3. The second-order valence-corrected chi connectivity index (χ2v) is 10.4. The van der Waals surface area contributed by atoms with Gasteiger partial charge in [0.15, 0.2) is 0 Å². The zero-order valence-corrected chi connectivity index (χ0v) is 23.5. The van der Waals surface area contributed by atoms with Crippen molar-refractivity contribution in [2.75, 3.05) is 56.2 Å². The Hall–Kier alpha value is -3.16. The number of benzene rings is 1. The highest BCUT2D eigenvalue weighted by atomic mass is 16.6. The lowest BCUT2D eigenvalue weighted by Crippen LogP contribution is -2.50. The van der Waals surface area contributed by atoms with Crippen molar-refractivity contribution in [1.82, 2.24) is 9.88 Å². The molecule has 8 nitrogen and oxygen atoms in total. The van der Waals surface area contributed by atoms with Crippen molar-refractivity contribution in [3.05, 3.63) is 36.4 Å². The maximum atomic E-state index is 12.4. The van der Waals surface area contributed by atoms with Crippen molar-refractivity contribution in [2.45, 2.75) is 65.9 Å². The molecule has 1 aromatic carbocycles. The molecule has 1 aliphatic heterocycles. The number of carbonyl (C=O) groups excluding carboxylic acids is 1. The molecule has 1 amide bonds. The Morgan fingerprint density at radius 2 is 1.65 bits per heavy atom. The summed E-state index contributed by atoms with van der Waals surface area (Å²) in [5, 5.41) is 0. The van der Waals surface area contributed by atoms with Gasteiger partial charge in [-0.2, -0.15) is 4.98 Å². The molecule has 3 rings (SSSR count). The van der Waals surface area contributed by atoms with E-state index in [4.69, 9.17) is 14.2 Å². The number of hydrogen-bond donors (Lipinski definition) is 0. The summed E-state index contributed by atoms with van der Waals surface area (Å²) >= 11 is 0. The third kappa shape index (κ3) is 8.44. The van der Waals surface area contributed by atoms with Crippen LogP contribution in [0.25, 0.3) is 0 Å². The van der Waals surface area contributed by atoms with Crippen LogP contribution in [-0.2, 0) is 4.74 Å². The number of carbonyl (C=O) groups is 1. The van der Waals surface area contributed by atoms with Gasteiger partial charge in [0.2, 0.25) is 11.8 Å². The first-order chi connectivity index (χ1) is 17.7. The van der Waals surface area contributed by atoms with Crippen molar-refractivity contribution in [1.29, 1.82) is 0 Å². The summed E-state index contributed by atoms with van der Waals surface area (Å²) in [6.07, 6.45) is 3.85. The van der Waals surface area contributed by atoms with E-state index in [9.17, 15) is 4.79 Å². The van der Waals surface area contributed by atoms with Crippen LogP contribution in [0.2, 0.25) is 0 Å². The molecule has 1 fully saturated rings. The van der Waals surface area contributed by atoms with E-state index in [1.807, 2.05) is 40.0 Å². The standard InChI is InChI=1S/C29H44N4O4/c1-7-9-20-35-26-15-14-25(27(30-26)36-21-10-8-2)31(6)23-12-11-13-24(22-23)32-16-18-33(19-17-32)28(34)37-29(3,4)5/h11-15,22H,7-10,16-21H2,1-6H3. The highest BCUT2D eigenvalue weighted by Crippen LogP contribution is 2.35. The fourth-order valence-corrected chi connectivity index (χ4v) is 4.00. The van der Waals surface area contributed by atoms with E-state index in [0.29, 0.717) is 38.1 Å². The minimum atomic E-state index is -0.485. The Morgan fingerprint density at radius 3 is 2.30 bits per heavy atom. The second-order valence-electron chi connectivity index (χ2n) is 10.4. The molecule has 1 saturated heterocycles. The minimum absolute atomic E-state index is 0.245. The van der Waals surface area contributed by atoms with Crippen LogP contribution >= 0.6 is 0 Å². The zero-order chi connectivity index (χ0) is 26.8. The van der Waals surface area contributed by atoms with Crippen molar-refractivity contribution in [2.24, 2.45) is 0 Å². The molecule has 0 bridgehead atoms. The van der Waals surface area contributed by atoms with Gasteiger partial charge in [-0.05, 0) is 57.9 Å². The van der Waals surface area contributed by atoms with Gasteiger partial charge in [-0.1, -0.05) is 32.8 Å². The zero-order valence-electron chi connectivity index (χ0n) is 23.5. The van der Waals surface area contributed by atoms with Gasteiger partial charge < -0.3 is 28.9 Å². The summed E-state index contributed by atoms with van der Waals surface area (Å²) in [6, 6.07) is 12.4. The van der Waals surface area contributed by atoms with Gasteiger partial charge in [0.1, 0.15) is 11.3 Å². The Bertz CT molecular complexity index is 1000. The maximum Gasteiger partial charge on any atom is 0.410 e. The fraction of sp³-hybridized carbons (Fsp3) is 0.586. The minimum Gasteiger partial charge on any atom is -0.478 e. The average molecular weight is 513 g/mol. The Labute approximate surface area is 222 Å².